The number of esters is 1. The zero-order chi connectivity index (χ0) is 31.7. The fourth-order valence-electron chi connectivity index (χ4n) is 4.23. The Hall–Kier alpha value is -4.33. The zero-order valence-electron chi connectivity index (χ0n) is 24.4. The van der Waals surface area contributed by atoms with Crippen molar-refractivity contribution >= 4 is 40.2 Å². The number of alkyl halides is 3. The Balaban J connectivity index is 1.97. The molecule has 0 saturated carbocycles. The van der Waals surface area contributed by atoms with Crippen molar-refractivity contribution in [3.63, 3.8) is 0 Å². The Kier molecular flexibility index (Phi) is 8.90. The van der Waals surface area contributed by atoms with Gasteiger partial charge in [0.1, 0.15) is 22.0 Å². The summed E-state index contributed by atoms with van der Waals surface area (Å²) in [6, 6.07) is 2.18. The second-order valence-electron chi connectivity index (χ2n) is 10.8. The van der Waals surface area contributed by atoms with E-state index in [2.05, 4.69) is 25.6 Å². The number of amides is 2. The van der Waals surface area contributed by atoms with Gasteiger partial charge in [0.15, 0.2) is 5.69 Å². The predicted molar refractivity (Wildman–Crippen MR) is 158 cm³/mol. The summed E-state index contributed by atoms with van der Waals surface area (Å²) in [5.74, 6) is -0.701. The Bertz CT molecular complexity index is 1740. The topological polar surface area (TPSA) is 128 Å². The molecule has 0 saturated heterocycles. The van der Waals surface area contributed by atoms with Crippen molar-refractivity contribution in [3.8, 4) is 21.7 Å². The third-order valence-electron chi connectivity index (χ3n) is 6.85. The molecule has 4 rings (SSSR count). The highest BCUT2D eigenvalue weighted by Gasteiger charge is 2.34. The van der Waals surface area contributed by atoms with Crippen molar-refractivity contribution in [2.45, 2.75) is 53.8 Å². The largest absolute Gasteiger partial charge is 0.462 e. The lowest BCUT2D eigenvalue weighted by Gasteiger charge is -2.30. The van der Waals surface area contributed by atoms with Crippen LogP contribution in [0, 0.1) is 5.41 Å². The molecule has 2 N–H and O–H groups in total. The number of carbonyl (C=O) groups excluding carboxylic acids is 2. The molecule has 0 unspecified atom stereocenters. The van der Waals surface area contributed by atoms with E-state index < -0.39 is 29.3 Å². The number of pyridine rings is 3. The molecule has 0 bridgehead atoms. The van der Waals surface area contributed by atoms with E-state index in [9.17, 15) is 27.6 Å². The lowest BCUT2D eigenvalue weighted by atomic mass is 9.87. The molecule has 0 aliphatic rings. The molecule has 2 amide bonds. The lowest BCUT2D eigenvalue weighted by molar-refractivity contribution is -0.140. The number of aromatic nitrogens is 4. The highest BCUT2D eigenvalue weighted by Crippen LogP contribution is 2.39. The average Bonchev–Trinajstić information content (AvgIpc) is 3.44. The van der Waals surface area contributed by atoms with Gasteiger partial charge in [-0.1, -0.05) is 20.8 Å². The Morgan fingerprint density at radius 2 is 1.81 bits per heavy atom. The highest BCUT2D eigenvalue weighted by atomic mass is 32.1. The summed E-state index contributed by atoms with van der Waals surface area (Å²) in [4.78, 5) is 51.1. The maximum atomic E-state index is 13.6. The summed E-state index contributed by atoms with van der Waals surface area (Å²) in [6.07, 6.45) is -0.367. The molecule has 0 aliphatic carbocycles. The molecule has 0 spiro atoms. The molecule has 0 aliphatic heterocycles. The normalized spacial score (nSPS) is 12.7. The molecule has 0 aromatic carbocycles. The number of rotatable bonds is 7. The highest BCUT2D eigenvalue weighted by molar-refractivity contribution is 7.13. The predicted octanol–water partition coefficient (Wildman–Crippen LogP) is 6.53. The minimum Gasteiger partial charge on any atom is -0.462 e. The fourth-order valence-corrected chi connectivity index (χ4v) is 5.08. The first-order valence-corrected chi connectivity index (χ1v) is 14.3. The van der Waals surface area contributed by atoms with Crippen molar-refractivity contribution in [3.05, 3.63) is 57.6 Å². The van der Waals surface area contributed by atoms with Crippen LogP contribution in [0.4, 0.5) is 23.8 Å². The molecule has 43 heavy (non-hydrogen) atoms. The minimum absolute atomic E-state index is 0.0165. The molecule has 10 nitrogen and oxygen atoms in total. The van der Waals surface area contributed by atoms with Crippen molar-refractivity contribution in [1.29, 1.82) is 0 Å². The molecule has 228 valence electrons. The van der Waals surface area contributed by atoms with Crippen molar-refractivity contribution in [2.24, 2.45) is 5.41 Å². The Morgan fingerprint density at radius 1 is 1.09 bits per heavy atom. The standard InChI is InChI=1S/C29H31F3N6O4S/c1-7-33-27(41)37-22-10-17(25-36-21(14-43-25)29(30,31)32)19(12-34-22)16-9-18-23(39)20(26(40)42-8-2)13-38(24(18)35-11-16)15(3)28(4,5)6/h9-15H,7-8H2,1-6H3,(H2,33,34,37,41)/t15-/m1/s1. The third kappa shape index (κ3) is 6.69. The number of nitrogens with one attached hydrogen (secondary N) is 2. The second kappa shape index (κ2) is 12.1. The molecule has 0 radical (unpaired) electrons. The first-order chi connectivity index (χ1) is 20.1. The van der Waals surface area contributed by atoms with E-state index in [4.69, 9.17) is 4.74 Å². The smallest absolute Gasteiger partial charge is 0.434 e. The summed E-state index contributed by atoms with van der Waals surface area (Å²) < 4.78 is 47.2. The fraction of sp³-hybridized carbons (Fsp3) is 0.379. The van der Waals surface area contributed by atoms with Gasteiger partial charge in [0, 0.05) is 53.2 Å². The van der Waals surface area contributed by atoms with Gasteiger partial charge in [-0.25, -0.2) is 24.5 Å². The number of carbonyl (C=O) groups is 2. The number of halogens is 3. The van der Waals surface area contributed by atoms with E-state index in [0.717, 1.165) is 16.7 Å². The number of hydrogen-bond donors (Lipinski definition) is 2. The average molecular weight is 617 g/mol. The molecule has 4 aromatic rings. The molecule has 4 aromatic heterocycles. The van der Waals surface area contributed by atoms with Crippen LogP contribution >= 0.6 is 11.3 Å². The first kappa shape index (κ1) is 31.6. The number of anilines is 1. The van der Waals surface area contributed by atoms with Gasteiger partial charge in [0.2, 0.25) is 5.43 Å². The van der Waals surface area contributed by atoms with Crippen molar-refractivity contribution in [1.82, 2.24) is 24.8 Å². The van der Waals surface area contributed by atoms with E-state index in [-0.39, 0.29) is 45.4 Å². The Morgan fingerprint density at radius 3 is 2.42 bits per heavy atom. The monoisotopic (exact) mass is 616 g/mol. The summed E-state index contributed by atoms with van der Waals surface area (Å²) in [5, 5.41) is 6.14. The van der Waals surface area contributed by atoms with Gasteiger partial charge < -0.3 is 14.6 Å². The number of thiazole rings is 1. The van der Waals surface area contributed by atoms with Gasteiger partial charge in [-0.3, -0.25) is 10.1 Å². The molecule has 0 fully saturated rings. The molecule has 14 heteroatoms. The van der Waals surface area contributed by atoms with E-state index in [0.29, 0.717) is 23.3 Å². The van der Waals surface area contributed by atoms with Crippen LogP contribution in [-0.2, 0) is 10.9 Å². The summed E-state index contributed by atoms with van der Waals surface area (Å²) in [5.41, 5.74) is -0.902. The third-order valence-corrected chi connectivity index (χ3v) is 7.73. The van der Waals surface area contributed by atoms with E-state index in [1.54, 1.807) is 18.4 Å². The minimum atomic E-state index is -4.66. The van der Waals surface area contributed by atoms with Crippen molar-refractivity contribution in [2.75, 3.05) is 18.5 Å². The molecular formula is C29H31F3N6O4S. The maximum absolute atomic E-state index is 13.6. The van der Waals surface area contributed by atoms with Gasteiger partial charge >= 0.3 is 18.2 Å². The number of ether oxygens (including phenoxy) is 1. The number of nitrogens with zero attached hydrogens (tertiary/aromatic N) is 4. The number of hydrogen-bond acceptors (Lipinski definition) is 8. The van der Waals surface area contributed by atoms with Crippen molar-refractivity contribution < 1.29 is 27.5 Å². The maximum Gasteiger partial charge on any atom is 0.434 e. The first-order valence-electron chi connectivity index (χ1n) is 13.5. The van der Waals surface area contributed by atoms with Gasteiger partial charge in [0.05, 0.1) is 12.0 Å². The van der Waals surface area contributed by atoms with Crippen LogP contribution in [0.5, 0.6) is 0 Å². The van der Waals surface area contributed by atoms with Gasteiger partial charge in [-0.2, -0.15) is 13.2 Å². The van der Waals surface area contributed by atoms with Gasteiger partial charge in [0.25, 0.3) is 0 Å². The molecule has 1 atom stereocenters. The SMILES string of the molecule is CCNC(=O)Nc1cc(-c2nc(C(F)(F)F)cs2)c(-c2cnc3c(c2)c(=O)c(C(=O)OCC)cn3[C@H](C)C(C)(C)C)cn1. The zero-order valence-corrected chi connectivity index (χ0v) is 25.2. The number of fused-ring (bicyclic) bond motifs is 1. The molecular weight excluding hydrogens is 585 g/mol. The molecule has 4 heterocycles. The van der Waals surface area contributed by atoms with Crippen LogP contribution in [0.15, 0.2) is 40.9 Å². The van der Waals surface area contributed by atoms with Gasteiger partial charge in [-0.15, -0.1) is 11.3 Å². The second-order valence-corrected chi connectivity index (χ2v) is 11.6. The van der Waals surface area contributed by atoms with Crippen LogP contribution in [0.2, 0.25) is 0 Å². The van der Waals surface area contributed by atoms with E-state index >= 15 is 0 Å². The van der Waals surface area contributed by atoms with E-state index in [1.165, 1.54) is 30.7 Å². The summed E-state index contributed by atoms with van der Waals surface area (Å²) in [7, 11) is 0. The van der Waals surface area contributed by atoms with Crippen LogP contribution in [0.3, 0.4) is 0 Å². The van der Waals surface area contributed by atoms with Crippen LogP contribution in [0.1, 0.15) is 63.6 Å². The van der Waals surface area contributed by atoms with Gasteiger partial charge in [-0.05, 0) is 38.3 Å². The van der Waals surface area contributed by atoms with Crippen LogP contribution in [-0.4, -0.2) is 44.7 Å². The Labute approximate surface area is 249 Å². The quantitative estimate of drug-likeness (QED) is 0.226. The summed E-state index contributed by atoms with van der Waals surface area (Å²) >= 11 is 0.769. The van der Waals surface area contributed by atoms with Crippen LogP contribution in [0.25, 0.3) is 32.7 Å². The van der Waals surface area contributed by atoms with Crippen LogP contribution < -0.4 is 16.1 Å². The summed E-state index contributed by atoms with van der Waals surface area (Å²) in [6.45, 7) is 11.8. The van der Waals surface area contributed by atoms with E-state index in [1.807, 2.05) is 27.7 Å². The lowest BCUT2D eigenvalue weighted by Crippen LogP contribution is -2.28. The number of urea groups is 1.